The molecule has 0 N–H and O–H groups in total. The minimum Gasteiger partial charge on any atom is -0.490 e. The predicted molar refractivity (Wildman–Crippen MR) is 109 cm³/mol. The zero-order valence-electron chi connectivity index (χ0n) is 16.4. The van der Waals surface area contributed by atoms with E-state index in [4.69, 9.17) is 20.8 Å². The number of ether oxygens (including phenoxy) is 1. The van der Waals surface area contributed by atoms with Crippen molar-refractivity contribution in [3.8, 4) is 22.6 Å². The van der Waals surface area contributed by atoms with E-state index in [1.807, 2.05) is 0 Å². The molecule has 1 aromatic heterocycles. The van der Waals surface area contributed by atoms with Crippen LogP contribution in [0.4, 0.5) is 13.2 Å². The molecule has 0 atom stereocenters. The molecule has 31 heavy (non-hydrogen) atoms. The van der Waals surface area contributed by atoms with Gasteiger partial charge in [0, 0.05) is 10.9 Å². The number of hydrogen-bond acceptors (Lipinski definition) is 6. The van der Waals surface area contributed by atoms with Gasteiger partial charge >= 0.3 is 15.6 Å². The minimum atomic E-state index is -5.96. The van der Waals surface area contributed by atoms with Crippen LogP contribution in [-0.2, 0) is 10.1 Å². The largest absolute Gasteiger partial charge is 0.534 e. The van der Waals surface area contributed by atoms with E-state index in [0.29, 0.717) is 10.6 Å². The first-order valence-corrected chi connectivity index (χ1v) is 10.6. The van der Waals surface area contributed by atoms with Crippen molar-refractivity contribution in [1.82, 2.24) is 0 Å². The third-order valence-electron chi connectivity index (χ3n) is 4.35. The van der Waals surface area contributed by atoms with Crippen molar-refractivity contribution >= 4 is 32.7 Å². The van der Waals surface area contributed by atoms with Crippen LogP contribution in [0.25, 0.3) is 22.1 Å². The highest BCUT2D eigenvalue weighted by atomic mass is 35.5. The standard InChI is InChI=1S/C20H16ClF3O6S/c1-10(2)17-15(11-4-6-12(21)7-5-11)16(25)13-8-9-14(19(28-3)18(13)29-17)30-31(26,27)20(22,23)24/h4-10H,1-3H3. The normalized spacial score (nSPS) is 12.4. The molecule has 3 aromatic rings. The number of hydrogen-bond donors (Lipinski definition) is 0. The van der Waals surface area contributed by atoms with Gasteiger partial charge in [-0.3, -0.25) is 4.79 Å². The molecule has 0 aliphatic carbocycles. The van der Waals surface area contributed by atoms with E-state index in [1.54, 1.807) is 38.1 Å². The summed E-state index contributed by atoms with van der Waals surface area (Å²) in [5.74, 6) is -1.29. The Kier molecular flexibility index (Phi) is 5.98. The van der Waals surface area contributed by atoms with Crippen molar-refractivity contribution in [1.29, 1.82) is 0 Å². The van der Waals surface area contributed by atoms with E-state index in [1.165, 1.54) is 0 Å². The molecule has 0 saturated carbocycles. The van der Waals surface area contributed by atoms with E-state index >= 15 is 0 Å². The molecule has 0 radical (unpaired) electrons. The van der Waals surface area contributed by atoms with Gasteiger partial charge in [-0.25, -0.2) is 0 Å². The molecule has 1 heterocycles. The van der Waals surface area contributed by atoms with Crippen LogP contribution < -0.4 is 14.3 Å². The Morgan fingerprint density at radius 1 is 1.06 bits per heavy atom. The molecular weight excluding hydrogens is 461 g/mol. The Morgan fingerprint density at radius 3 is 2.19 bits per heavy atom. The third kappa shape index (κ3) is 4.22. The van der Waals surface area contributed by atoms with Gasteiger partial charge < -0.3 is 13.3 Å². The highest BCUT2D eigenvalue weighted by molar-refractivity contribution is 7.88. The van der Waals surface area contributed by atoms with E-state index < -0.39 is 32.6 Å². The number of halogens is 4. The van der Waals surface area contributed by atoms with Gasteiger partial charge in [0.2, 0.25) is 11.2 Å². The van der Waals surface area contributed by atoms with Crippen LogP contribution in [0, 0.1) is 0 Å². The fourth-order valence-electron chi connectivity index (χ4n) is 2.95. The van der Waals surface area contributed by atoms with Gasteiger partial charge in [-0.2, -0.15) is 21.6 Å². The smallest absolute Gasteiger partial charge is 0.490 e. The summed E-state index contributed by atoms with van der Waals surface area (Å²) in [5, 5.41) is 0.442. The Bertz CT molecular complexity index is 1300. The zero-order valence-corrected chi connectivity index (χ0v) is 18.0. The van der Waals surface area contributed by atoms with E-state index in [0.717, 1.165) is 19.2 Å². The number of fused-ring (bicyclic) bond motifs is 1. The predicted octanol–water partition coefficient (Wildman–Crippen LogP) is 5.47. The molecule has 0 spiro atoms. The first-order chi connectivity index (χ1) is 14.4. The van der Waals surface area contributed by atoms with Crippen molar-refractivity contribution in [3.05, 3.63) is 57.4 Å². The van der Waals surface area contributed by atoms with Crippen molar-refractivity contribution in [3.63, 3.8) is 0 Å². The van der Waals surface area contributed by atoms with Crippen molar-refractivity contribution in [2.75, 3.05) is 7.11 Å². The van der Waals surface area contributed by atoms with Crippen molar-refractivity contribution in [2.24, 2.45) is 0 Å². The Labute approximate surface area is 180 Å². The molecular formula is C20H16ClF3O6S. The lowest BCUT2D eigenvalue weighted by molar-refractivity contribution is -0.0500. The van der Waals surface area contributed by atoms with E-state index in [-0.39, 0.29) is 28.2 Å². The molecule has 0 saturated heterocycles. The molecule has 166 valence electrons. The maximum Gasteiger partial charge on any atom is 0.534 e. The Hall–Kier alpha value is -2.72. The highest BCUT2D eigenvalue weighted by Crippen LogP contribution is 2.40. The second-order valence-corrected chi connectivity index (χ2v) is 8.76. The fourth-order valence-corrected chi connectivity index (χ4v) is 3.54. The summed E-state index contributed by atoms with van der Waals surface area (Å²) in [6.45, 7) is 3.51. The number of rotatable bonds is 5. The van der Waals surface area contributed by atoms with Crippen LogP contribution in [0.2, 0.25) is 5.02 Å². The maximum absolute atomic E-state index is 13.3. The molecule has 3 rings (SSSR count). The third-order valence-corrected chi connectivity index (χ3v) is 5.57. The molecule has 2 aromatic carbocycles. The van der Waals surface area contributed by atoms with Crippen LogP contribution in [0.15, 0.2) is 45.6 Å². The Morgan fingerprint density at radius 2 is 1.68 bits per heavy atom. The molecule has 0 bridgehead atoms. The van der Waals surface area contributed by atoms with Gasteiger partial charge in [0.05, 0.1) is 18.1 Å². The van der Waals surface area contributed by atoms with Crippen LogP contribution in [0.5, 0.6) is 11.5 Å². The molecule has 0 aliphatic rings. The molecule has 0 fully saturated rings. The van der Waals surface area contributed by atoms with E-state index in [2.05, 4.69) is 4.18 Å². The highest BCUT2D eigenvalue weighted by Gasteiger charge is 2.49. The average molecular weight is 477 g/mol. The number of alkyl halides is 3. The lowest BCUT2D eigenvalue weighted by atomic mass is 9.97. The van der Waals surface area contributed by atoms with Gasteiger partial charge in [0.1, 0.15) is 5.76 Å². The van der Waals surface area contributed by atoms with Crippen LogP contribution >= 0.6 is 11.6 Å². The molecule has 0 amide bonds. The van der Waals surface area contributed by atoms with Crippen LogP contribution in [0.1, 0.15) is 25.5 Å². The van der Waals surface area contributed by atoms with Gasteiger partial charge in [-0.1, -0.05) is 37.6 Å². The summed E-state index contributed by atoms with van der Waals surface area (Å²) in [6.07, 6.45) is 0. The van der Waals surface area contributed by atoms with Gasteiger partial charge in [-0.15, -0.1) is 0 Å². The first kappa shape index (κ1) is 23.0. The summed E-state index contributed by atoms with van der Waals surface area (Å²) in [7, 11) is -4.87. The summed E-state index contributed by atoms with van der Waals surface area (Å²) >= 11 is 5.92. The second-order valence-electron chi connectivity index (χ2n) is 6.79. The zero-order chi connectivity index (χ0) is 23.1. The van der Waals surface area contributed by atoms with Crippen LogP contribution in [0.3, 0.4) is 0 Å². The van der Waals surface area contributed by atoms with Crippen molar-refractivity contribution < 1.29 is 34.9 Å². The fraction of sp³-hybridized carbons (Fsp3) is 0.250. The van der Waals surface area contributed by atoms with Gasteiger partial charge in [0.15, 0.2) is 11.3 Å². The topological polar surface area (TPSA) is 82.8 Å². The maximum atomic E-state index is 13.3. The summed E-state index contributed by atoms with van der Waals surface area (Å²) in [5.41, 5.74) is -5.57. The van der Waals surface area contributed by atoms with Gasteiger partial charge in [-0.05, 0) is 29.8 Å². The summed E-state index contributed by atoms with van der Waals surface area (Å²) < 4.78 is 76.2. The second kappa shape index (κ2) is 8.08. The lowest BCUT2D eigenvalue weighted by Gasteiger charge is -2.16. The van der Waals surface area contributed by atoms with Crippen LogP contribution in [-0.4, -0.2) is 21.0 Å². The lowest BCUT2D eigenvalue weighted by Crippen LogP contribution is -2.28. The first-order valence-electron chi connectivity index (χ1n) is 8.81. The van der Waals surface area contributed by atoms with Gasteiger partial charge in [0.25, 0.3) is 0 Å². The van der Waals surface area contributed by atoms with E-state index in [9.17, 15) is 26.4 Å². The Balaban J connectivity index is 2.32. The number of methoxy groups -OCH3 is 1. The molecule has 0 unspecified atom stereocenters. The van der Waals surface area contributed by atoms with Crippen molar-refractivity contribution in [2.45, 2.75) is 25.3 Å². The summed E-state index contributed by atoms with van der Waals surface area (Å²) in [6, 6.07) is 8.50. The average Bonchev–Trinajstić information content (AvgIpc) is 2.67. The molecule has 11 heteroatoms. The SMILES string of the molecule is COc1c(OS(=O)(=O)C(F)(F)F)ccc2c(=O)c(-c3ccc(Cl)cc3)c(C(C)C)oc12. The summed E-state index contributed by atoms with van der Waals surface area (Å²) in [4.78, 5) is 13.3. The number of benzene rings is 2. The molecule has 0 aliphatic heterocycles. The quantitative estimate of drug-likeness (QED) is 0.358. The molecule has 6 nitrogen and oxygen atoms in total. The minimum absolute atomic E-state index is 0.0250. The monoisotopic (exact) mass is 476 g/mol.